The zero-order valence-corrected chi connectivity index (χ0v) is 23.5. The molecule has 0 saturated carbocycles. The molecule has 186 valence electrons. The number of rotatable bonds is 9. The van der Waals surface area contributed by atoms with Gasteiger partial charge in [0.2, 0.25) is 0 Å². The maximum atomic E-state index is 13.0. The third-order valence-corrected chi connectivity index (χ3v) is 6.81. The Bertz CT molecular complexity index is 1410. The van der Waals surface area contributed by atoms with Crippen LogP contribution in [0.1, 0.15) is 52.7 Å². The van der Waals surface area contributed by atoms with Crippen LogP contribution in [0.15, 0.2) is 97.1 Å². The molecule has 4 aromatic carbocycles. The van der Waals surface area contributed by atoms with Gasteiger partial charge in [0.1, 0.15) is 5.75 Å². The summed E-state index contributed by atoms with van der Waals surface area (Å²) < 4.78 is 6.79. The van der Waals surface area contributed by atoms with Crippen LogP contribution in [0.5, 0.6) is 5.75 Å². The molecule has 1 amide bonds. The van der Waals surface area contributed by atoms with E-state index in [-0.39, 0.29) is 41.9 Å². The fourth-order valence-corrected chi connectivity index (χ4v) is 4.94. The number of hydrogen-bond acceptors (Lipinski definition) is 4. The molecule has 0 atom stereocenters. The molecule has 0 aliphatic carbocycles. The van der Waals surface area contributed by atoms with Crippen LogP contribution >= 0.6 is 0 Å². The van der Waals surface area contributed by atoms with Crippen molar-refractivity contribution in [3.05, 3.63) is 119 Å². The molecule has 0 radical (unpaired) electrons. The summed E-state index contributed by atoms with van der Waals surface area (Å²) in [6.07, 6.45) is 6.24. The molecule has 0 aromatic heterocycles. The van der Waals surface area contributed by atoms with Gasteiger partial charge < -0.3 is 20.0 Å². The molecular formula is C32H28NNaO4. The molecule has 0 saturated heterocycles. The Morgan fingerprint density at radius 3 is 2.11 bits per heavy atom. The van der Waals surface area contributed by atoms with Crippen LogP contribution in [-0.2, 0) is 10.4 Å². The third-order valence-electron chi connectivity index (χ3n) is 6.81. The Hall–Kier alpha value is -3.38. The summed E-state index contributed by atoms with van der Waals surface area (Å²) in [5.41, 5.74) is 2.87. The van der Waals surface area contributed by atoms with Gasteiger partial charge in [-0.1, -0.05) is 79.2 Å². The van der Waals surface area contributed by atoms with E-state index in [2.05, 4.69) is 41.7 Å². The van der Waals surface area contributed by atoms with Crippen molar-refractivity contribution in [2.24, 2.45) is 0 Å². The molecule has 0 bridgehead atoms. The summed E-state index contributed by atoms with van der Waals surface area (Å²) in [7, 11) is 0. The molecule has 6 heteroatoms. The average Bonchev–Trinajstić information content (AvgIpc) is 2.94. The van der Waals surface area contributed by atoms with Gasteiger partial charge in [-0.15, -0.1) is 0 Å². The van der Waals surface area contributed by atoms with Gasteiger partial charge >= 0.3 is 29.6 Å². The number of carbonyl (C=O) groups excluding carboxylic acids is 2. The van der Waals surface area contributed by atoms with E-state index in [1.54, 1.807) is 0 Å². The molecule has 0 spiro atoms. The van der Waals surface area contributed by atoms with E-state index in [0.717, 1.165) is 46.1 Å². The van der Waals surface area contributed by atoms with Crippen molar-refractivity contribution in [2.45, 2.75) is 31.3 Å². The molecule has 5 nitrogen and oxygen atoms in total. The van der Waals surface area contributed by atoms with E-state index in [0.29, 0.717) is 18.5 Å². The standard InChI is InChI=1S/C32H29NO4.Na/c34-30(35)17-8-3-9-22-33-31(36)28-16-10-15-25-26(28)18-19-29-27(25)20-21-32(37-29,23-11-4-1-5-12-23)24-13-6-2-7-14-24;/h1-2,4-7,10-16,18-21H,3,8-9,17,22H2,(H,33,36)(H,34,35);/q;+1/p-1. The van der Waals surface area contributed by atoms with Crippen molar-refractivity contribution in [1.29, 1.82) is 0 Å². The van der Waals surface area contributed by atoms with Crippen LogP contribution in [0.4, 0.5) is 0 Å². The van der Waals surface area contributed by atoms with Crippen LogP contribution in [0.25, 0.3) is 16.8 Å². The largest absolute Gasteiger partial charge is 1.00 e. The van der Waals surface area contributed by atoms with E-state index in [1.165, 1.54) is 0 Å². The quantitative estimate of drug-likeness (QED) is 0.275. The Morgan fingerprint density at radius 2 is 1.45 bits per heavy atom. The molecule has 38 heavy (non-hydrogen) atoms. The minimum absolute atomic E-state index is 0. The maximum Gasteiger partial charge on any atom is 1.00 e. The first-order valence-corrected chi connectivity index (χ1v) is 12.6. The molecule has 4 aromatic rings. The van der Waals surface area contributed by atoms with Gasteiger partial charge in [-0.05, 0) is 60.4 Å². The first kappa shape index (κ1) is 27.6. The average molecular weight is 514 g/mol. The van der Waals surface area contributed by atoms with Gasteiger partial charge in [-0.2, -0.15) is 0 Å². The number of fused-ring (bicyclic) bond motifs is 3. The fraction of sp³-hybridized carbons (Fsp3) is 0.188. The van der Waals surface area contributed by atoms with E-state index < -0.39 is 11.6 Å². The predicted octanol–water partition coefficient (Wildman–Crippen LogP) is 2.23. The summed E-state index contributed by atoms with van der Waals surface area (Å²) in [4.78, 5) is 23.5. The second-order valence-electron chi connectivity index (χ2n) is 9.22. The number of carboxylic acid groups (broad SMARTS) is 1. The normalized spacial score (nSPS) is 13.2. The Kier molecular flexibility index (Phi) is 9.05. The number of benzene rings is 4. The molecule has 1 heterocycles. The molecule has 0 fully saturated rings. The van der Waals surface area contributed by atoms with E-state index in [4.69, 9.17) is 4.74 Å². The number of nitrogens with one attached hydrogen (secondary N) is 1. The number of amides is 1. The Labute approximate surface area is 244 Å². The van der Waals surface area contributed by atoms with Crippen molar-refractivity contribution < 1.29 is 49.0 Å². The number of carboxylic acids is 1. The Morgan fingerprint density at radius 1 is 0.763 bits per heavy atom. The summed E-state index contributed by atoms with van der Waals surface area (Å²) >= 11 is 0. The topological polar surface area (TPSA) is 78.5 Å². The van der Waals surface area contributed by atoms with Crippen molar-refractivity contribution >= 4 is 28.7 Å². The van der Waals surface area contributed by atoms with Crippen molar-refractivity contribution in [3.8, 4) is 5.75 Å². The van der Waals surface area contributed by atoms with Gasteiger partial charge in [-0.3, -0.25) is 4.79 Å². The van der Waals surface area contributed by atoms with Crippen molar-refractivity contribution in [1.82, 2.24) is 5.32 Å². The third kappa shape index (κ3) is 5.70. The number of aliphatic carboxylic acids is 1. The van der Waals surface area contributed by atoms with E-state index in [9.17, 15) is 14.7 Å². The van der Waals surface area contributed by atoms with Crippen LogP contribution < -0.4 is 44.7 Å². The maximum absolute atomic E-state index is 13.0. The molecule has 5 rings (SSSR count). The fourth-order valence-electron chi connectivity index (χ4n) is 4.94. The molecule has 1 aliphatic rings. The van der Waals surface area contributed by atoms with Gasteiger partial charge in [-0.25, -0.2) is 0 Å². The zero-order chi connectivity index (χ0) is 25.7. The summed E-state index contributed by atoms with van der Waals surface area (Å²) in [5, 5.41) is 15.3. The Balaban J connectivity index is 0.00000336. The summed E-state index contributed by atoms with van der Waals surface area (Å²) in [6.45, 7) is 0.493. The van der Waals surface area contributed by atoms with Crippen molar-refractivity contribution in [2.75, 3.05) is 6.54 Å². The van der Waals surface area contributed by atoms with E-state index >= 15 is 0 Å². The van der Waals surface area contributed by atoms with Crippen LogP contribution in [-0.4, -0.2) is 18.4 Å². The summed E-state index contributed by atoms with van der Waals surface area (Å²) in [5.74, 6) is -0.423. The number of unbranched alkanes of at least 4 members (excludes halogenated alkanes) is 2. The van der Waals surface area contributed by atoms with E-state index in [1.807, 2.05) is 66.7 Å². The smallest absolute Gasteiger partial charge is 0.550 e. The predicted molar refractivity (Wildman–Crippen MR) is 143 cm³/mol. The second-order valence-corrected chi connectivity index (χ2v) is 9.22. The monoisotopic (exact) mass is 513 g/mol. The molecular weight excluding hydrogens is 485 g/mol. The van der Waals surface area contributed by atoms with Gasteiger partial charge in [0, 0.05) is 34.8 Å². The number of hydrogen-bond donors (Lipinski definition) is 1. The molecule has 1 N–H and O–H groups in total. The zero-order valence-electron chi connectivity index (χ0n) is 21.5. The minimum atomic E-state index is -1.04. The van der Waals surface area contributed by atoms with Gasteiger partial charge in [0.25, 0.3) is 5.91 Å². The van der Waals surface area contributed by atoms with Gasteiger partial charge in [0.05, 0.1) is 0 Å². The second kappa shape index (κ2) is 12.4. The number of ether oxygens (including phenoxy) is 1. The SMILES string of the molecule is O=C([O-])CCCCCNC(=O)c1cccc2c3c(ccc12)OC(c1ccccc1)(c1ccccc1)C=C3.[Na+]. The first-order valence-electron chi connectivity index (χ1n) is 12.6. The molecule has 0 unspecified atom stereocenters. The number of carbonyl (C=O) groups is 2. The van der Waals surface area contributed by atoms with Crippen LogP contribution in [0.3, 0.4) is 0 Å². The van der Waals surface area contributed by atoms with Crippen LogP contribution in [0.2, 0.25) is 0 Å². The first-order chi connectivity index (χ1) is 18.1. The van der Waals surface area contributed by atoms with Gasteiger partial charge in [0.15, 0.2) is 5.60 Å². The van der Waals surface area contributed by atoms with Crippen LogP contribution in [0, 0.1) is 0 Å². The summed E-state index contributed by atoms with van der Waals surface area (Å²) in [6, 6.07) is 30.0. The minimum Gasteiger partial charge on any atom is -0.550 e. The molecule has 1 aliphatic heterocycles. The van der Waals surface area contributed by atoms with Crippen molar-refractivity contribution in [3.63, 3.8) is 0 Å².